The van der Waals surface area contributed by atoms with Gasteiger partial charge in [0.25, 0.3) is 0 Å². The molecule has 1 saturated heterocycles. The lowest BCUT2D eigenvalue weighted by Crippen LogP contribution is -2.54. The molecule has 2 N–H and O–H groups in total. The Hall–Kier alpha value is -0.360. The van der Waals surface area contributed by atoms with Crippen LogP contribution >= 0.6 is 15.9 Å². The Balaban J connectivity index is 1.99. The zero-order valence-electron chi connectivity index (χ0n) is 12.0. The first-order valence-corrected chi connectivity index (χ1v) is 7.65. The third kappa shape index (κ3) is 3.60. The van der Waals surface area contributed by atoms with E-state index in [0.29, 0.717) is 6.54 Å². The molecule has 1 atom stereocenters. The normalized spacial score (nSPS) is 20.7. The second kappa shape index (κ2) is 5.95. The van der Waals surface area contributed by atoms with Gasteiger partial charge in [0, 0.05) is 38.3 Å². The number of halogens is 1. The van der Waals surface area contributed by atoms with Gasteiger partial charge in [-0.05, 0) is 48.8 Å². The molecule has 1 aromatic rings. The third-order valence-corrected chi connectivity index (χ3v) is 4.28. The Labute approximate surface area is 124 Å². The van der Waals surface area contributed by atoms with E-state index in [1.165, 1.54) is 0 Å². The lowest BCUT2D eigenvalue weighted by atomic mass is 10.0. The van der Waals surface area contributed by atoms with Gasteiger partial charge in [-0.2, -0.15) is 0 Å². The quantitative estimate of drug-likeness (QED) is 0.925. The highest BCUT2D eigenvalue weighted by Crippen LogP contribution is 2.26. The fraction of sp³-hybridized carbons (Fsp3) is 0.714. The number of hydrogen-bond donors (Lipinski definition) is 1. The maximum Gasteiger partial charge on any atom is 0.169 e. The van der Waals surface area contributed by atoms with Crippen LogP contribution in [-0.4, -0.2) is 48.1 Å². The average molecular weight is 330 g/mol. The van der Waals surface area contributed by atoms with Crippen molar-refractivity contribution in [2.24, 2.45) is 5.73 Å². The lowest BCUT2D eigenvalue weighted by molar-refractivity contribution is 0.0386. The Morgan fingerprint density at radius 2 is 1.89 bits per heavy atom. The monoisotopic (exact) mass is 329 g/mol. The largest absolute Gasteiger partial charge is 0.453 e. The molecule has 1 fully saturated rings. The van der Waals surface area contributed by atoms with Crippen LogP contribution in [0.5, 0.6) is 0 Å². The molecule has 1 aromatic heterocycles. The molecule has 0 spiro atoms. The van der Waals surface area contributed by atoms with Gasteiger partial charge in [-0.25, -0.2) is 0 Å². The molecule has 0 amide bonds. The van der Waals surface area contributed by atoms with Crippen molar-refractivity contribution >= 4 is 15.9 Å². The number of nitrogens with zero attached hydrogens (tertiary/aromatic N) is 2. The average Bonchev–Trinajstić information content (AvgIpc) is 2.76. The molecule has 0 aromatic carbocycles. The topological polar surface area (TPSA) is 45.6 Å². The van der Waals surface area contributed by atoms with Gasteiger partial charge in [0.15, 0.2) is 4.67 Å². The zero-order valence-corrected chi connectivity index (χ0v) is 13.6. The Bertz CT molecular complexity index is 405. The smallest absolute Gasteiger partial charge is 0.169 e. The second-order valence-corrected chi connectivity index (χ2v) is 6.87. The maximum absolute atomic E-state index is 5.93. The van der Waals surface area contributed by atoms with E-state index in [4.69, 9.17) is 10.2 Å². The Kier molecular flexibility index (Phi) is 4.71. The summed E-state index contributed by atoms with van der Waals surface area (Å²) in [6.07, 6.45) is 0. The van der Waals surface area contributed by atoms with Crippen molar-refractivity contribution in [1.82, 2.24) is 9.80 Å². The predicted molar refractivity (Wildman–Crippen MR) is 81.1 cm³/mol. The summed E-state index contributed by atoms with van der Waals surface area (Å²) in [5.41, 5.74) is 6.18. The maximum atomic E-state index is 5.93. The van der Waals surface area contributed by atoms with Gasteiger partial charge in [-0.15, -0.1) is 0 Å². The summed E-state index contributed by atoms with van der Waals surface area (Å²) in [4.78, 5) is 4.95. The summed E-state index contributed by atoms with van der Waals surface area (Å²) in [6.45, 7) is 11.7. The highest BCUT2D eigenvalue weighted by Gasteiger charge is 2.30. The Morgan fingerprint density at radius 1 is 1.26 bits per heavy atom. The van der Waals surface area contributed by atoms with Crippen LogP contribution in [0, 0.1) is 0 Å². The molecular formula is C14H24BrN3O. The number of hydrogen-bond acceptors (Lipinski definition) is 4. The fourth-order valence-corrected chi connectivity index (χ4v) is 2.98. The summed E-state index contributed by atoms with van der Waals surface area (Å²) >= 11 is 3.36. The number of piperazine rings is 1. The summed E-state index contributed by atoms with van der Waals surface area (Å²) in [5.74, 6) is 0.957. The first-order chi connectivity index (χ1) is 8.91. The van der Waals surface area contributed by atoms with Crippen LogP contribution in [0.1, 0.15) is 32.6 Å². The molecule has 0 bridgehead atoms. The molecule has 0 radical (unpaired) electrons. The molecule has 0 aliphatic carbocycles. The van der Waals surface area contributed by atoms with Gasteiger partial charge in [-0.1, -0.05) is 0 Å². The van der Waals surface area contributed by atoms with Gasteiger partial charge in [0.2, 0.25) is 0 Å². The van der Waals surface area contributed by atoms with Crippen molar-refractivity contribution in [2.75, 3.05) is 32.7 Å². The van der Waals surface area contributed by atoms with Gasteiger partial charge < -0.3 is 10.2 Å². The standard InChI is InChI=1S/C14H24BrN3O/c1-14(2,3)18-8-6-17(7-9-18)11(10-16)12-4-5-13(15)19-12/h4-5,11H,6-10,16H2,1-3H3. The molecule has 2 rings (SSSR count). The summed E-state index contributed by atoms with van der Waals surface area (Å²) in [6, 6.07) is 4.13. The van der Waals surface area contributed by atoms with Crippen molar-refractivity contribution in [3.05, 3.63) is 22.6 Å². The minimum absolute atomic E-state index is 0.188. The SMILES string of the molecule is CC(C)(C)N1CCN(C(CN)c2ccc(Br)o2)CC1. The Morgan fingerprint density at radius 3 is 2.32 bits per heavy atom. The van der Waals surface area contributed by atoms with E-state index in [1.807, 2.05) is 12.1 Å². The van der Waals surface area contributed by atoms with Crippen molar-refractivity contribution in [3.63, 3.8) is 0 Å². The molecule has 4 nitrogen and oxygen atoms in total. The van der Waals surface area contributed by atoms with Crippen LogP contribution in [0.2, 0.25) is 0 Å². The summed E-state index contributed by atoms with van der Waals surface area (Å²) < 4.78 is 6.44. The molecule has 5 heteroatoms. The molecule has 1 aliphatic rings. The van der Waals surface area contributed by atoms with Crippen LogP contribution in [0.4, 0.5) is 0 Å². The zero-order chi connectivity index (χ0) is 14.0. The molecule has 1 aliphatic heterocycles. The van der Waals surface area contributed by atoms with Gasteiger partial charge in [0.05, 0.1) is 6.04 Å². The minimum atomic E-state index is 0.188. The fourth-order valence-electron chi connectivity index (χ4n) is 2.66. The first-order valence-electron chi connectivity index (χ1n) is 6.86. The number of furan rings is 1. The van der Waals surface area contributed by atoms with Crippen LogP contribution < -0.4 is 5.73 Å². The van der Waals surface area contributed by atoms with Crippen LogP contribution in [0.25, 0.3) is 0 Å². The van der Waals surface area contributed by atoms with Crippen LogP contribution in [0.15, 0.2) is 21.2 Å². The minimum Gasteiger partial charge on any atom is -0.453 e. The first kappa shape index (κ1) is 15.0. The highest BCUT2D eigenvalue weighted by molar-refractivity contribution is 9.10. The van der Waals surface area contributed by atoms with Gasteiger partial charge >= 0.3 is 0 Å². The highest BCUT2D eigenvalue weighted by atomic mass is 79.9. The number of nitrogens with two attached hydrogens (primary N) is 1. The van der Waals surface area contributed by atoms with E-state index in [1.54, 1.807) is 0 Å². The van der Waals surface area contributed by atoms with Crippen LogP contribution in [0.3, 0.4) is 0 Å². The van der Waals surface area contributed by atoms with Gasteiger partial charge in [0.1, 0.15) is 5.76 Å². The lowest BCUT2D eigenvalue weighted by Gasteiger charge is -2.44. The van der Waals surface area contributed by atoms with E-state index >= 15 is 0 Å². The molecule has 1 unspecified atom stereocenters. The molecule has 2 heterocycles. The van der Waals surface area contributed by atoms with Gasteiger partial charge in [-0.3, -0.25) is 9.80 Å². The predicted octanol–water partition coefficient (Wildman–Crippen LogP) is 2.46. The van der Waals surface area contributed by atoms with E-state index in [2.05, 4.69) is 46.5 Å². The molecule has 0 saturated carbocycles. The summed E-state index contributed by atoms with van der Waals surface area (Å²) in [5, 5.41) is 0. The number of rotatable bonds is 3. The van der Waals surface area contributed by atoms with Crippen molar-refractivity contribution in [2.45, 2.75) is 32.4 Å². The molecule has 19 heavy (non-hydrogen) atoms. The van der Waals surface area contributed by atoms with E-state index < -0.39 is 0 Å². The third-order valence-electron chi connectivity index (χ3n) is 3.85. The second-order valence-electron chi connectivity index (χ2n) is 6.09. The van der Waals surface area contributed by atoms with Crippen LogP contribution in [-0.2, 0) is 0 Å². The van der Waals surface area contributed by atoms with E-state index in [0.717, 1.165) is 36.6 Å². The van der Waals surface area contributed by atoms with Crippen molar-refractivity contribution < 1.29 is 4.42 Å². The van der Waals surface area contributed by atoms with Crippen molar-refractivity contribution in [1.29, 1.82) is 0 Å². The molecular weight excluding hydrogens is 306 g/mol. The van der Waals surface area contributed by atoms with Crippen molar-refractivity contribution in [3.8, 4) is 0 Å². The molecule has 108 valence electrons. The van der Waals surface area contributed by atoms with E-state index in [9.17, 15) is 0 Å². The summed E-state index contributed by atoms with van der Waals surface area (Å²) in [7, 11) is 0. The van der Waals surface area contributed by atoms with E-state index in [-0.39, 0.29) is 11.6 Å².